The molecule has 94 valence electrons. The number of benzene rings is 1. The molecule has 0 bridgehead atoms. The molecule has 18 heavy (non-hydrogen) atoms. The molecular weight excluding hydrogens is 267 g/mol. The number of hydrogen-bond donors (Lipinski definition) is 1. The zero-order valence-electron chi connectivity index (χ0n) is 10.0. The van der Waals surface area contributed by atoms with Gasteiger partial charge in [-0.2, -0.15) is 0 Å². The topological polar surface area (TPSA) is 24.9 Å². The Hall–Kier alpha value is -1.25. The van der Waals surface area contributed by atoms with Crippen molar-refractivity contribution in [2.75, 3.05) is 5.32 Å². The molecular formula is C14H14Cl2N2. The number of pyridine rings is 1. The summed E-state index contributed by atoms with van der Waals surface area (Å²) in [5.74, 6) is 0. The van der Waals surface area contributed by atoms with E-state index in [0.717, 1.165) is 17.1 Å². The van der Waals surface area contributed by atoms with Crippen LogP contribution in [-0.2, 0) is 6.42 Å². The van der Waals surface area contributed by atoms with Gasteiger partial charge < -0.3 is 5.32 Å². The highest BCUT2D eigenvalue weighted by atomic mass is 35.5. The summed E-state index contributed by atoms with van der Waals surface area (Å²) in [5, 5.41) is 4.65. The van der Waals surface area contributed by atoms with Crippen LogP contribution < -0.4 is 5.32 Å². The Labute approximate surface area is 117 Å². The molecule has 1 atom stereocenters. The molecule has 0 spiro atoms. The van der Waals surface area contributed by atoms with E-state index in [0.29, 0.717) is 11.2 Å². The minimum atomic E-state index is 0.314. The minimum Gasteiger partial charge on any atom is -0.381 e. The molecule has 0 saturated carbocycles. The molecule has 4 heteroatoms. The van der Waals surface area contributed by atoms with Crippen LogP contribution in [0.15, 0.2) is 42.6 Å². The van der Waals surface area contributed by atoms with E-state index in [1.165, 1.54) is 5.56 Å². The molecule has 1 aromatic carbocycles. The van der Waals surface area contributed by atoms with Crippen LogP contribution in [0.25, 0.3) is 0 Å². The fourth-order valence-corrected chi connectivity index (χ4v) is 2.01. The number of aromatic nitrogens is 1. The number of halogens is 2. The van der Waals surface area contributed by atoms with Gasteiger partial charge in [0, 0.05) is 11.1 Å². The zero-order valence-corrected chi connectivity index (χ0v) is 11.5. The molecule has 0 amide bonds. The van der Waals surface area contributed by atoms with E-state index >= 15 is 0 Å². The van der Waals surface area contributed by atoms with E-state index in [-0.39, 0.29) is 0 Å². The van der Waals surface area contributed by atoms with Gasteiger partial charge in [0.15, 0.2) is 0 Å². The lowest BCUT2D eigenvalue weighted by Crippen LogP contribution is -2.18. The Morgan fingerprint density at radius 3 is 2.44 bits per heavy atom. The summed E-state index contributed by atoms with van der Waals surface area (Å²) in [6.45, 7) is 2.13. The molecule has 2 nitrogen and oxygen atoms in total. The van der Waals surface area contributed by atoms with Gasteiger partial charge in [0.25, 0.3) is 0 Å². The molecule has 0 aliphatic heterocycles. The quantitative estimate of drug-likeness (QED) is 0.838. The minimum absolute atomic E-state index is 0.314. The molecule has 0 aliphatic rings. The van der Waals surface area contributed by atoms with Crippen LogP contribution in [0.4, 0.5) is 5.69 Å². The molecule has 0 fully saturated rings. The molecule has 2 rings (SSSR count). The summed E-state index contributed by atoms with van der Waals surface area (Å²) in [4.78, 5) is 4.04. The fourth-order valence-electron chi connectivity index (χ4n) is 1.77. The lowest BCUT2D eigenvalue weighted by Gasteiger charge is -2.15. The molecule has 1 heterocycles. The van der Waals surface area contributed by atoms with Crippen molar-refractivity contribution in [3.8, 4) is 0 Å². The molecule has 0 radical (unpaired) electrons. The summed E-state index contributed by atoms with van der Waals surface area (Å²) >= 11 is 11.6. The Kier molecular flexibility index (Phi) is 4.45. The highest BCUT2D eigenvalue weighted by molar-refractivity contribution is 6.30. The van der Waals surface area contributed by atoms with Crippen molar-refractivity contribution in [1.29, 1.82) is 0 Å². The predicted octanol–water partition coefficient (Wildman–Crippen LogP) is 4.43. The first kappa shape index (κ1) is 13.2. The molecule has 1 aromatic heterocycles. The second-order valence-corrected chi connectivity index (χ2v) is 5.07. The van der Waals surface area contributed by atoms with Gasteiger partial charge in [-0.1, -0.05) is 35.3 Å². The summed E-state index contributed by atoms with van der Waals surface area (Å²) in [6.07, 6.45) is 2.67. The third-order valence-electron chi connectivity index (χ3n) is 2.60. The van der Waals surface area contributed by atoms with Crippen molar-refractivity contribution in [3.05, 3.63) is 58.3 Å². The smallest absolute Gasteiger partial charge is 0.129 e. The van der Waals surface area contributed by atoms with Crippen molar-refractivity contribution in [3.63, 3.8) is 0 Å². The maximum absolute atomic E-state index is 5.86. The average molecular weight is 281 g/mol. The molecule has 1 N–H and O–H groups in total. The Morgan fingerprint density at radius 1 is 1.11 bits per heavy atom. The van der Waals surface area contributed by atoms with Crippen molar-refractivity contribution in [2.45, 2.75) is 19.4 Å². The Morgan fingerprint density at radius 2 is 1.83 bits per heavy atom. The van der Waals surface area contributed by atoms with Gasteiger partial charge in [0.05, 0.1) is 11.9 Å². The normalized spacial score (nSPS) is 12.2. The van der Waals surface area contributed by atoms with Crippen LogP contribution in [0.2, 0.25) is 10.2 Å². The van der Waals surface area contributed by atoms with Crippen molar-refractivity contribution in [2.24, 2.45) is 0 Å². The van der Waals surface area contributed by atoms with E-state index in [2.05, 4.69) is 17.2 Å². The van der Waals surface area contributed by atoms with Crippen molar-refractivity contribution >= 4 is 28.9 Å². The number of nitrogens with one attached hydrogen (secondary N) is 1. The van der Waals surface area contributed by atoms with Gasteiger partial charge in [-0.3, -0.25) is 0 Å². The summed E-state index contributed by atoms with van der Waals surface area (Å²) < 4.78 is 0. The van der Waals surface area contributed by atoms with Gasteiger partial charge in [-0.05, 0) is 43.2 Å². The predicted molar refractivity (Wildman–Crippen MR) is 77.5 cm³/mol. The van der Waals surface area contributed by atoms with Gasteiger partial charge in [0.1, 0.15) is 5.15 Å². The zero-order chi connectivity index (χ0) is 13.0. The second kappa shape index (κ2) is 6.07. The summed E-state index contributed by atoms with van der Waals surface area (Å²) in [6, 6.07) is 11.9. The third kappa shape index (κ3) is 3.90. The second-order valence-electron chi connectivity index (χ2n) is 4.25. The highest BCUT2D eigenvalue weighted by Crippen LogP contribution is 2.14. The van der Waals surface area contributed by atoms with Gasteiger partial charge in [0.2, 0.25) is 0 Å². The van der Waals surface area contributed by atoms with E-state index < -0.39 is 0 Å². The first-order valence-electron chi connectivity index (χ1n) is 5.76. The van der Waals surface area contributed by atoms with E-state index in [9.17, 15) is 0 Å². The van der Waals surface area contributed by atoms with Crippen LogP contribution in [0.1, 0.15) is 12.5 Å². The number of anilines is 1. The number of nitrogens with zero attached hydrogens (tertiary/aromatic N) is 1. The Bertz CT molecular complexity index is 447. The van der Waals surface area contributed by atoms with Crippen LogP contribution in [0.3, 0.4) is 0 Å². The maximum Gasteiger partial charge on any atom is 0.129 e. The lowest BCUT2D eigenvalue weighted by molar-refractivity contribution is 0.789. The van der Waals surface area contributed by atoms with Crippen molar-refractivity contribution < 1.29 is 0 Å². The SMILES string of the molecule is CC(Cc1ccc(Cl)cc1)Nc1ccc(Cl)nc1. The monoisotopic (exact) mass is 280 g/mol. The largest absolute Gasteiger partial charge is 0.381 e. The first-order valence-corrected chi connectivity index (χ1v) is 6.51. The van der Waals surface area contributed by atoms with Crippen molar-refractivity contribution in [1.82, 2.24) is 4.98 Å². The highest BCUT2D eigenvalue weighted by Gasteiger charge is 2.04. The maximum atomic E-state index is 5.86. The average Bonchev–Trinajstić information content (AvgIpc) is 2.35. The molecule has 0 aliphatic carbocycles. The third-order valence-corrected chi connectivity index (χ3v) is 3.07. The van der Waals surface area contributed by atoms with Gasteiger partial charge >= 0.3 is 0 Å². The fraction of sp³-hybridized carbons (Fsp3) is 0.214. The van der Waals surface area contributed by atoms with E-state index in [1.54, 1.807) is 12.3 Å². The number of hydrogen-bond acceptors (Lipinski definition) is 2. The standard InChI is InChI=1S/C14H14Cl2N2/c1-10(8-11-2-4-12(15)5-3-11)18-13-6-7-14(16)17-9-13/h2-7,9-10,18H,8H2,1H3. The van der Waals surface area contributed by atoms with Gasteiger partial charge in [-0.15, -0.1) is 0 Å². The molecule has 0 saturated heterocycles. The van der Waals surface area contributed by atoms with Crippen LogP contribution in [0, 0.1) is 0 Å². The first-order chi connectivity index (χ1) is 8.63. The van der Waals surface area contributed by atoms with Gasteiger partial charge in [-0.25, -0.2) is 4.98 Å². The molecule has 2 aromatic rings. The van der Waals surface area contributed by atoms with Crippen LogP contribution >= 0.6 is 23.2 Å². The van der Waals surface area contributed by atoms with Crippen LogP contribution in [0.5, 0.6) is 0 Å². The van der Waals surface area contributed by atoms with E-state index in [1.807, 2.05) is 30.3 Å². The molecule has 1 unspecified atom stereocenters. The Balaban J connectivity index is 1.94. The summed E-state index contributed by atoms with van der Waals surface area (Å²) in [7, 11) is 0. The van der Waals surface area contributed by atoms with Crippen LogP contribution in [-0.4, -0.2) is 11.0 Å². The lowest BCUT2D eigenvalue weighted by atomic mass is 10.1. The number of rotatable bonds is 4. The summed E-state index contributed by atoms with van der Waals surface area (Å²) in [5.41, 5.74) is 2.22. The van der Waals surface area contributed by atoms with E-state index in [4.69, 9.17) is 23.2 Å².